The molecule has 3 N–H and O–H groups in total. The highest BCUT2D eigenvalue weighted by molar-refractivity contribution is 7.08. The van der Waals surface area contributed by atoms with Crippen LogP contribution in [0.1, 0.15) is 17.2 Å². The van der Waals surface area contributed by atoms with E-state index in [1.807, 2.05) is 16.8 Å². The molecule has 2 nitrogen and oxygen atoms in total. The fourth-order valence-electron chi connectivity index (χ4n) is 1.41. The number of benzene rings is 1. The lowest BCUT2D eigenvalue weighted by molar-refractivity contribution is 0.423. The summed E-state index contributed by atoms with van der Waals surface area (Å²) in [5, 5.41) is 13.3. The minimum absolute atomic E-state index is 0. The zero-order valence-corrected chi connectivity index (χ0v) is 9.89. The van der Waals surface area contributed by atoms with Gasteiger partial charge in [0.25, 0.3) is 0 Å². The van der Waals surface area contributed by atoms with Gasteiger partial charge >= 0.3 is 0 Å². The van der Waals surface area contributed by atoms with Crippen molar-refractivity contribution in [3.8, 4) is 5.75 Å². The minimum atomic E-state index is -0.641. The molecule has 0 fully saturated rings. The monoisotopic (exact) mass is 259 g/mol. The van der Waals surface area contributed by atoms with Crippen LogP contribution < -0.4 is 5.73 Å². The second-order valence-corrected chi connectivity index (χ2v) is 3.99. The van der Waals surface area contributed by atoms with Crippen molar-refractivity contribution in [2.45, 2.75) is 6.04 Å². The molecule has 0 saturated heterocycles. The molecule has 0 radical (unpaired) electrons. The SMILES string of the molecule is Cl.N[C@@H](c1ccsc1)c1cccc(F)c1O. The van der Waals surface area contributed by atoms with Crippen LogP contribution in [0.3, 0.4) is 0 Å². The van der Waals surface area contributed by atoms with Crippen molar-refractivity contribution in [3.05, 3.63) is 52.0 Å². The van der Waals surface area contributed by atoms with E-state index in [1.165, 1.54) is 23.5 Å². The van der Waals surface area contributed by atoms with Crippen molar-refractivity contribution in [1.82, 2.24) is 0 Å². The highest BCUT2D eigenvalue weighted by Crippen LogP contribution is 2.30. The fourth-order valence-corrected chi connectivity index (χ4v) is 2.11. The van der Waals surface area contributed by atoms with Crippen LogP contribution in [0.15, 0.2) is 35.0 Å². The largest absolute Gasteiger partial charge is 0.505 e. The van der Waals surface area contributed by atoms with Gasteiger partial charge in [0.15, 0.2) is 11.6 Å². The van der Waals surface area contributed by atoms with Crippen molar-refractivity contribution in [1.29, 1.82) is 0 Å². The second-order valence-electron chi connectivity index (χ2n) is 3.21. The molecule has 5 heteroatoms. The van der Waals surface area contributed by atoms with E-state index in [4.69, 9.17) is 5.73 Å². The van der Waals surface area contributed by atoms with Gasteiger partial charge in [-0.25, -0.2) is 4.39 Å². The van der Waals surface area contributed by atoms with E-state index in [-0.39, 0.29) is 18.2 Å². The van der Waals surface area contributed by atoms with Crippen LogP contribution in [0.25, 0.3) is 0 Å². The molecule has 1 heterocycles. The van der Waals surface area contributed by atoms with E-state index in [9.17, 15) is 9.50 Å². The molecule has 2 rings (SSSR count). The Hall–Kier alpha value is -1.10. The Morgan fingerprint density at radius 1 is 1.31 bits per heavy atom. The summed E-state index contributed by atoms with van der Waals surface area (Å²) in [5.41, 5.74) is 7.20. The topological polar surface area (TPSA) is 46.2 Å². The van der Waals surface area contributed by atoms with Crippen molar-refractivity contribution >= 4 is 23.7 Å². The van der Waals surface area contributed by atoms with Gasteiger partial charge in [-0.3, -0.25) is 0 Å². The Morgan fingerprint density at radius 2 is 2.06 bits per heavy atom. The maximum Gasteiger partial charge on any atom is 0.165 e. The number of phenolic OH excluding ortho intramolecular Hbond substituents is 1. The van der Waals surface area contributed by atoms with Gasteiger partial charge in [0, 0.05) is 5.56 Å². The average Bonchev–Trinajstić information content (AvgIpc) is 2.74. The molecule has 0 aliphatic rings. The predicted molar refractivity (Wildman–Crippen MR) is 65.7 cm³/mol. The molecule has 0 aliphatic carbocycles. The first-order chi connectivity index (χ1) is 7.20. The molecular formula is C11H11ClFNOS. The molecule has 0 saturated carbocycles. The summed E-state index contributed by atoms with van der Waals surface area (Å²) < 4.78 is 13.1. The lowest BCUT2D eigenvalue weighted by Crippen LogP contribution is -2.11. The first kappa shape index (κ1) is 13.0. The summed E-state index contributed by atoms with van der Waals surface area (Å²) in [7, 11) is 0. The molecule has 1 aromatic carbocycles. The second kappa shape index (κ2) is 5.30. The number of halogens is 2. The molecule has 1 aromatic heterocycles. The van der Waals surface area contributed by atoms with Gasteiger partial charge in [0.2, 0.25) is 0 Å². The van der Waals surface area contributed by atoms with E-state index in [0.717, 1.165) is 5.56 Å². The molecule has 16 heavy (non-hydrogen) atoms. The fraction of sp³-hybridized carbons (Fsp3) is 0.0909. The van der Waals surface area contributed by atoms with Crippen molar-refractivity contribution in [3.63, 3.8) is 0 Å². The summed E-state index contributed by atoms with van der Waals surface area (Å²) >= 11 is 1.52. The van der Waals surface area contributed by atoms with Crippen molar-refractivity contribution in [2.75, 3.05) is 0 Å². The number of thiophene rings is 1. The van der Waals surface area contributed by atoms with Gasteiger partial charge in [0.1, 0.15) is 0 Å². The quantitative estimate of drug-likeness (QED) is 0.871. The van der Waals surface area contributed by atoms with Crippen LogP contribution >= 0.6 is 23.7 Å². The molecule has 0 unspecified atom stereocenters. The molecular weight excluding hydrogens is 249 g/mol. The summed E-state index contributed by atoms with van der Waals surface area (Å²) in [6.45, 7) is 0. The van der Waals surface area contributed by atoms with E-state index >= 15 is 0 Å². The standard InChI is InChI=1S/C11H10FNOS.ClH/c12-9-3-1-2-8(11(9)14)10(13)7-4-5-15-6-7;/h1-6,10,14H,13H2;1H/t10-;/m0./s1. The average molecular weight is 260 g/mol. The highest BCUT2D eigenvalue weighted by atomic mass is 35.5. The van der Waals surface area contributed by atoms with Gasteiger partial charge in [0.05, 0.1) is 6.04 Å². The molecule has 0 aliphatic heterocycles. The molecule has 2 aromatic rings. The van der Waals surface area contributed by atoms with Crippen LogP contribution in [-0.4, -0.2) is 5.11 Å². The predicted octanol–water partition coefficient (Wildman–Crippen LogP) is 3.06. The number of phenols is 1. The third-order valence-electron chi connectivity index (χ3n) is 2.26. The summed E-state index contributed by atoms with van der Waals surface area (Å²) in [6.07, 6.45) is 0. The lowest BCUT2D eigenvalue weighted by atomic mass is 10.0. The van der Waals surface area contributed by atoms with Crippen LogP contribution in [0.2, 0.25) is 0 Å². The van der Waals surface area contributed by atoms with Crippen LogP contribution in [0, 0.1) is 5.82 Å². The summed E-state index contributed by atoms with van der Waals surface area (Å²) in [4.78, 5) is 0. The summed E-state index contributed by atoms with van der Waals surface area (Å²) in [6, 6.07) is 5.75. The minimum Gasteiger partial charge on any atom is -0.505 e. The Labute approximate surface area is 103 Å². The highest BCUT2D eigenvalue weighted by Gasteiger charge is 2.15. The molecule has 86 valence electrons. The Balaban J connectivity index is 0.00000128. The maximum atomic E-state index is 13.1. The van der Waals surface area contributed by atoms with Gasteiger partial charge < -0.3 is 10.8 Å². The first-order valence-electron chi connectivity index (χ1n) is 4.45. The number of hydrogen-bond acceptors (Lipinski definition) is 3. The van der Waals surface area contributed by atoms with E-state index in [2.05, 4.69) is 0 Å². The van der Waals surface area contributed by atoms with Gasteiger partial charge in [-0.1, -0.05) is 12.1 Å². The zero-order valence-electron chi connectivity index (χ0n) is 8.26. The number of para-hydroxylation sites is 1. The number of hydrogen-bond donors (Lipinski definition) is 2. The van der Waals surface area contributed by atoms with Crippen LogP contribution in [0.4, 0.5) is 4.39 Å². The van der Waals surface area contributed by atoms with Gasteiger partial charge in [-0.05, 0) is 28.5 Å². The van der Waals surface area contributed by atoms with Crippen LogP contribution in [0.5, 0.6) is 5.75 Å². The van der Waals surface area contributed by atoms with E-state index in [0.29, 0.717) is 5.56 Å². The smallest absolute Gasteiger partial charge is 0.165 e. The molecule has 0 amide bonds. The van der Waals surface area contributed by atoms with Gasteiger partial charge in [-0.2, -0.15) is 11.3 Å². The Kier molecular flexibility index (Phi) is 4.29. The summed E-state index contributed by atoms with van der Waals surface area (Å²) in [5.74, 6) is -1.01. The lowest BCUT2D eigenvalue weighted by Gasteiger charge is -2.12. The maximum absolute atomic E-state index is 13.1. The first-order valence-corrected chi connectivity index (χ1v) is 5.39. The molecule has 1 atom stereocenters. The molecule has 0 bridgehead atoms. The number of nitrogens with two attached hydrogens (primary N) is 1. The Morgan fingerprint density at radius 3 is 2.69 bits per heavy atom. The third-order valence-corrected chi connectivity index (χ3v) is 2.96. The van der Waals surface area contributed by atoms with E-state index in [1.54, 1.807) is 6.07 Å². The zero-order chi connectivity index (χ0) is 10.8. The third kappa shape index (κ3) is 2.35. The van der Waals surface area contributed by atoms with Crippen molar-refractivity contribution in [2.24, 2.45) is 5.73 Å². The molecule has 0 spiro atoms. The van der Waals surface area contributed by atoms with Crippen molar-refractivity contribution < 1.29 is 9.50 Å². The van der Waals surface area contributed by atoms with Crippen LogP contribution in [-0.2, 0) is 0 Å². The van der Waals surface area contributed by atoms with Gasteiger partial charge in [-0.15, -0.1) is 12.4 Å². The normalized spacial score (nSPS) is 11.9. The Bertz CT molecular complexity index is 461. The number of rotatable bonds is 2. The number of aromatic hydroxyl groups is 1. The van der Waals surface area contributed by atoms with E-state index < -0.39 is 11.9 Å².